The summed E-state index contributed by atoms with van der Waals surface area (Å²) >= 11 is 0. The third-order valence-electron chi connectivity index (χ3n) is 4.25. The van der Waals surface area contributed by atoms with Crippen molar-refractivity contribution in [1.82, 2.24) is 4.90 Å². The fraction of sp³-hybridized carbons (Fsp3) is 0.500. The van der Waals surface area contributed by atoms with Crippen molar-refractivity contribution in [3.63, 3.8) is 0 Å². The van der Waals surface area contributed by atoms with E-state index >= 15 is 0 Å². The van der Waals surface area contributed by atoms with Crippen molar-refractivity contribution in [1.29, 1.82) is 0 Å². The van der Waals surface area contributed by atoms with E-state index < -0.39 is 0 Å². The molecule has 2 aliphatic rings. The van der Waals surface area contributed by atoms with E-state index in [1.54, 1.807) is 0 Å². The average Bonchev–Trinajstić information content (AvgIpc) is 2.58. The Morgan fingerprint density at radius 3 is 2.75 bits per heavy atom. The Balaban J connectivity index is 1.56. The molecule has 1 fully saturated rings. The number of aryl methyl sites for hydroxylation is 1. The Bertz CT molecular complexity index is 663. The summed E-state index contributed by atoms with van der Waals surface area (Å²) in [5.74, 6) is 0.929. The van der Waals surface area contributed by atoms with Crippen LogP contribution in [0.15, 0.2) is 34.3 Å². The number of aliphatic imine (C=N–C) groups is 2. The molecule has 2 heterocycles. The predicted octanol–water partition coefficient (Wildman–Crippen LogP) is 2.07. The summed E-state index contributed by atoms with van der Waals surface area (Å²) in [7, 11) is 0. The van der Waals surface area contributed by atoms with Gasteiger partial charge in [-0.1, -0.05) is 12.1 Å². The molecule has 0 radical (unpaired) electrons. The third-order valence-corrected chi connectivity index (χ3v) is 4.25. The predicted molar refractivity (Wildman–Crippen MR) is 92.7 cm³/mol. The van der Waals surface area contributed by atoms with Crippen LogP contribution < -0.4 is 4.74 Å². The number of carbonyl (C=O) groups excluding carboxylic acids is 1. The lowest BCUT2D eigenvalue weighted by Gasteiger charge is -2.30. The van der Waals surface area contributed by atoms with Crippen LogP contribution in [-0.4, -0.2) is 55.4 Å². The van der Waals surface area contributed by atoms with Gasteiger partial charge in [0.1, 0.15) is 5.75 Å². The van der Waals surface area contributed by atoms with Gasteiger partial charge in [0.25, 0.3) is 5.91 Å². The van der Waals surface area contributed by atoms with E-state index in [-0.39, 0.29) is 11.8 Å². The summed E-state index contributed by atoms with van der Waals surface area (Å²) < 4.78 is 11.1. The number of carbonyl (C=O) groups is 1. The summed E-state index contributed by atoms with van der Waals surface area (Å²) in [6, 6.07) is 7.89. The number of rotatable bonds is 4. The largest absolute Gasteiger partial charge is 0.494 e. The Labute approximate surface area is 142 Å². The molecule has 0 aromatic heterocycles. The molecule has 3 rings (SSSR count). The first-order valence-corrected chi connectivity index (χ1v) is 8.33. The van der Waals surface area contributed by atoms with Gasteiger partial charge in [-0.05, 0) is 38.0 Å². The molecule has 0 bridgehead atoms. The number of amides is 1. The summed E-state index contributed by atoms with van der Waals surface area (Å²) in [5, 5.41) is 0. The van der Waals surface area contributed by atoms with Gasteiger partial charge in [-0.3, -0.25) is 4.79 Å². The average molecular weight is 329 g/mol. The molecule has 1 unspecified atom stereocenters. The lowest BCUT2D eigenvalue weighted by molar-refractivity contribution is -0.120. The van der Waals surface area contributed by atoms with Crippen molar-refractivity contribution in [2.45, 2.75) is 20.3 Å². The van der Waals surface area contributed by atoms with E-state index in [4.69, 9.17) is 9.47 Å². The first-order chi connectivity index (χ1) is 11.6. The second-order valence-corrected chi connectivity index (χ2v) is 6.11. The zero-order chi connectivity index (χ0) is 16.9. The molecule has 6 nitrogen and oxygen atoms in total. The van der Waals surface area contributed by atoms with Gasteiger partial charge in [0.05, 0.1) is 25.7 Å². The molecule has 6 heteroatoms. The standard InChI is InChI=1S/C18H23N3O3/c1-13-4-3-5-15(12-13)24-9-6-16-14(2)19-18(20-17(16)22)21-7-10-23-11-8-21/h3-5,12,16H,6-11H2,1-2H3. The van der Waals surface area contributed by atoms with Gasteiger partial charge in [0.2, 0.25) is 5.96 Å². The van der Waals surface area contributed by atoms with Crippen molar-refractivity contribution >= 4 is 17.6 Å². The summed E-state index contributed by atoms with van der Waals surface area (Å²) in [4.78, 5) is 23.1. The number of hydrogen-bond donors (Lipinski definition) is 0. The van der Waals surface area contributed by atoms with Crippen LogP contribution >= 0.6 is 0 Å². The van der Waals surface area contributed by atoms with E-state index in [1.807, 2.05) is 43.0 Å². The minimum Gasteiger partial charge on any atom is -0.494 e. The van der Waals surface area contributed by atoms with Crippen LogP contribution in [0.1, 0.15) is 18.9 Å². The lowest BCUT2D eigenvalue weighted by atomic mass is 9.99. The molecule has 0 N–H and O–H groups in total. The lowest BCUT2D eigenvalue weighted by Crippen LogP contribution is -2.43. The first-order valence-electron chi connectivity index (χ1n) is 8.33. The molecule has 1 saturated heterocycles. The number of nitrogens with zero attached hydrogens (tertiary/aromatic N) is 3. The SMILES string of the molecule is CC1=NC(N2CCOCC2)=NC(=O)C1CCOc1cccc(C)c1. The Morgan fingerprint density at radius 2 is 2.04 bits per heavy atom. The van der Waals surface area contributed by atoms with Crippen molar-refractivity contribution in [3.05, 3.63) is 29.8 Å². The third kappa shape index (κ3) is 4.00. The van der Waals surface area contributed by atoms with Gasteiger partial charge in [-0.25, -0.2) is 4.99 Å². The van der Waals surface area contributed by atoms with Gasteiger partial charge < -0.3 is 14.4 Å². The maximum Gasteiger partial charge on any atom is 0.257 e. The van der Waals surface area contributed by atoms with E-state index in [9.17, 15) is 4.79 Å². The molecule has 2 aliphatic heterocycles. The van der Waals surface area contributed by atoms with Crippen LogP contribution in [0.25, 0.3) is 0 Å². The normalized spacial score (nSPS) is 21.3. The monoisotopic (exact) mass is 329 g/mol. The highest BCUT2D eigenvalue weighted by Gasteiger charge is 2.28. The molecular formula is C18H23N3O3. The second-order valence-electron chi connectivity index (χ2n) is 6.11. The van der Waals surface area contributed by atoms with Crippen LogP contribution in [0.4, 0.5) is 0 Å². The molecule has 1 aromatic rings. The highest BCUT2D eigenvalue weighted by molar-refractivity contribution is 6.14. The molecule has 1 aromatic carbocycles. The van der Waals surface area contributed by atoms with Crippen LogP contribution in [0.5, 0.6) is 5.75 Å². The quantitative estimate of drug-likeness (QED) is 0.848. The van der Waals surface area contributed by atoms with Crippen LogP contribution in [0.3, 0.4) is 0 Å². The van der Waals surface area contributed by atoms with Gasteiger partial charge in [0.15, 0.2) is 0 Å². The minimum absolute atomic E-state index is 0.128. The number of hydrogen-bond acceptors (Lipinski definition) is 5. The zero-order valence-electron chi connectivity index (χ0n) is 14.2. The smallest absolute Gasteiger partial charge is 0.257 e. The Kier molecular flexibility index (Phi) is 5.25. The highest BCUT2D eigenvalue weighted by atomic mass is 16.5. The van der Waals surface area contributed by atoms with E-state index in [2.05, 4.69) is 9.98 Å². The maximum atomic E-state index is 12.4. The Hall–Kier alpha value is -2.21. The molecule has 0 spiro atoms. The molecule has 24 heavy (non-hydrogen) atoms. The molecular weight excluding hydrogens is 306 g/mol. The first kappa shape index (κ1) is 16.6. The fourth-order valence-corrected chi connectivity index (χ4v) is 2.85. The zero-order valence-corrected chi connectivity index (χ0v) is 14.2. The van der Waals surface area contributed by atoms with Crippen molar-refractivity contribution in [3.8, 4) is 5.75 Å². The Morgan fingerprint density at radius 1 is 1.25 bits per heavy atom. The number of morpholine rings is 1. The molecule has 128 valence electrons. The minimum atomic E-state index is -0.292. The summed E-state index contributed by atoms with van der Waals surface area (Å²) in [6.07, 6.45) is 0.585. The molecule has 0 saturated carbocycles. The van der Waals surface area contributed by atoms with Crippen LogP contribution in [0.2, 0.25) is 0 Å². The van der Waals surface area contributed by atoms with E-state index in [0.29, 0.717) is 32.2 Å². The summed E-state index contributed by atoms with van der Waals surface area (Å²) in [6.45, 7) is 7.13. The second kappa shape index (κ2) is 7.57. The van der Waals surface area contributed by atoms with Gasteiger partial charge in [-0.15, -0.1) is 0 Å². The van der Waals surface area contributed by atoms with Gasteiger partial charge in [-0.2, -0.15) is 4.99 Å². The van der Waals surface area contributed by atoms with Crippen LogP contribution in [0, 0.1) is 12.8 Å². The van der Waals surface area contributed by atoms with Gasteiger partial charge in [0, 0.05) is 18.8 Å². The molecule has 0 aliphatic carbocycles. The van der Waals surface area contributed by atoms with Crippen molar-refractivity contribution in [2.75, 3.05) is 32.9 Å². The summed E-state index contributed by atoms with van der Waals surface area (Å²) in [5.41, 5.74) is 1.96. The van der Waals surface area contributed by atoms with E-state index in [1.165, 1.54) is 0 Å². The topological polar surface area (TPSA) is 63.5 Å². The number of guanidine groups is 1. The van der Waals surface area contributed by atoms with Crippen LogP contribution in [-0.2, 0) is 9.53 Å². The van der Waals surface area contributed by atoms with Gasteiger partial charge >= 0.3 is 0 Å². The maximum absolute atomic E-state index is 12.4. The fourth-order valence-electron chi connectivity index (χ4n) is 2.85. The van der Waals surface area contributed by atoms with Crippen molar-refractivity contribution < 1.29 is 14.3 Å². The highest BCUT2D eigenvalue weighted by Crippen LogP contribution is 2.18. The molecule has 1 amide bonds. The number of benzene rings is 1. The molecule has 1 atom stereocenters. The van der Waals surface area contributed by atoms with E-state index in [0.717, 1.165) is 30.1 Å². The van der Waals surface area contributed by atoms with Crippen molar-refractivity contribution in [2.24, 2.45) is 15.9 Å². The number of ether oxygens (including phenoxy) is 2.